The van der Waals surface area contributed by atoms with Crippen molar-refractivity contribution < 1.29 is 17.6 Å². The van der Waals surface area contributed by atoms with Crippen LogP contribution in [0.5, 0.6) is 0 Å². The maximum absolute atomic E-state index is 12.7. The van der Waals surface area contributed by atoms with Crippen LogP contribution in [0.1, 0.15) is 6.92 Å². The molecule has 0 aromatic carbocycles. The summed E-state index contributed by atoms with van der Waals surface area (Å²) >= 11 is 4.67. The van der Waals surface area contributed by atoms with Crippen LogP contribution in [0.2, 0.25) is 0 Å². The second-order valence-corrected chi connectivity index (χ2v) is 3.49. The molecule has 0 aromatic heterocycles. The van der Waals surface area contributed by atoms with Gasteiger partial charge in [0.2, 0.25) is 0 Å². The summed E-state index contributed by atoms with van der Waals surface area (Å²) in [6, 6.07) is 0. The minimum absolute atomic E-state index is 0.0515. The van der Waals surface area contributed by atoms with E-state index in [-0.39, 0.29) is 5.11 Å². The molecule has 1 aliphatic rings. The molecule has 1 saturated heterocycles. The van der Waals surface area contributed by atoms with E-state index in [0.29, 0.717) is 6.54 Å². The summed E-state index contributed by atoms with van der Waals surface area (Å²) in [5.74, 6) is -7.99. The van der Waals surface area contributed by atoms with Crippen molar-refractivity contribution in [3.05, 3.63) is 0 Å². The van der Waals surface area contributed by atoms with Crippen LogP contribution in [-0.4, -0.2) is 41.5 Å². The molecule has 1 rings (SSSR count). The molecule has 7 heteroatoms. The number of nitrogens with one attached hydrogen (secondary N) is 1. The topological polar surface area (TPSA) is 15.3 Å². The molecule has 0 unspecified atom stereocenters. The second kappa shape index (κ2) is 3.52. The average Bonchev–Trinajstić information content (AvgIpc) is 2.22. The summed E-state index contributed by atoms with van der Waals surface area (Å²) in [7, 11) is 0. The maximum atomic E-state index is 12.7. The summed E-state index contributed by atoms with van der Waals surface area (Å²) < 4.78 is 50.8. The van der Waals surface area contributed by atoms with Crippen molar-refractivity contribution in [3.63, 3.8) is 0 Å². The van der Waals surface area contributed by atoms with Crippen LogP contribution in [0.4, 0.5) is 17.6 Å². The third-order valence-electron chi connectivity index (χ3n) is 1.93. The predicted octanol–water partition coefficient (Wildman–Crippen LogP) is 1.47. The predicted molar refractivity (Wildman–Crippen MR) is 47.7 cm³/mol. The molecule has 0 saturated carbocycles. The quantitative estimate of drug-likeness (QED) is 0.542. The van der Waals surface area contributed by atoms with Crippen molar-refractivity contribution in [1.29, 1.82) is 0 Å². The Kier molecular flexibility index (Phi) is 2.89. The lowest BCUT2D eigenvalue weighted by molar-refractivity contribution is -0.172. The standard InChI is InChI=1S/C7H10F4N2S/c1-2-12-5(14)13-3-6(8,9)7(10,11)4-13/h2-4H2,1H3,(H,12,14). The van der Waals surface area contributed by atoms with Crippen molar-refractivity contribution in [2.24, 2.45) is 0 Å². The smallest absolute Gasteiger partial charge is 0.329 e. The molecular weight excluding hydrogens is 220 g/mol. The lowest BCUT2D eigenvalue weighted by Crippen LogP contribution is -2.39. The van der Waals surface area contributed by atoms with E-state index in [4.69, 9.17) is 0 Å². The normalized spacial score (nSPS) is 23.6. The van der Waals surface area contributed by atoms with Gasteiger partial charge in [0.25, 0.3) is 0 Å². The van der Waals surface area contributed by atoms with Crippen LogP contribution < -0.4 is 5.32 Å². The minimum atomic E-state index is -3.99. The molecule has 0 atom stereocenters. The third-order valence-corrected chi connectivity index (χ3v) is 2.33. The first kappa shape index (κ1) is 11.5. The highest BCUT2D eigenvalue weighted by atomic mass is 32.1. The number of rotatable bonds is 1. The van der Waals surface area contributed by atoms with Crippen molar-refractivity contribution in [2.45, 2.75) is 18.8 Å². The van der Waals surface area contributed by atoms with Crippen LogP contribution in [-0.2, 0) is 0 Å². The Morgan fingerprint density at radius 3 is 2.07 bits per heavy atom. The Hall–Kier alpha value is -0.590. The van der Waals surface area contributed by atoms with Crippen molar-refractivity contribution in [3.8, 4) is 0 Å². The fourth-order valence-corrected chi connectivity index (χ4v) is 1.45. The number of likely N-dealkylation sites (tertiary alicyclic amines) is 1. The van der Waals surface area contributed by atoms with E-state index in [1.54, 1.807) is 6.92 Å². The molecule has 2 nitrogen and oxygen atoms in total. The number of halogens is 4. The Morgan fingerprint density at radius 2 is 1.71 bits per heavy atom. The first-order valence-electron chi connectivity index (χ1n) is 4.08. The summed E-state index contributed by atoms with van der Waals surface area (Å²) in [5, 5.41) is 2.50. The maximum Gasteiger partial charge on any atom is 0.329 e. The summed E-state index contributed by atoms with van der Waals surface area (Å²) in [6.07, 6.45) is 0. The average molecular weight is 230 g/mol. The molecule has 1 N–H and O–H groups in total. The molecule has 0 amide bonds. The van der Waals surface area contributed by atoms with E-state index in [2.05, 4.69) is 17.5 Å². The van der Waals surface area contributed by atoms with E-state index in [0.717, 1.165) is 4.90 Å². The molecule has 1 fully saturated rings. The van der Waals surface area contributed by atoms with Gasteiger partial charge in [0.15, 0.2) is 5.11 Å². The van der Waals surface area contributed by atoms with Gasteiger partial charge in [-0.1, -0.05) is 0 Å². The van der Waals surface area contributed by atoms with Crippen LogP contribution in [0.25, 0.3) is 0 Å². The summed E-state index contributed by atoms with van der Waals surface area (Å²) in [6.45, 7) is 0.0861. The number of alkyl halides is 4. The van der Waals surface area contributed by atoms with Gasteiger partial charge in [-0.2, -0.15) is 17.6 Å². The van der Waals surface area contributed by atoms with E-state index in [1.165, 1.54) is 0 Å². The van der Waals surface area contributed by atoms with Gasteiger partial charge in [-0.25, -0.2) is 0 Å². The Labute approximate surface area is 84.3 Å². The molecule has 0 spiro atoms. The zero-order valence-electron chi connectivity index (χ0n) is 7.49. The van der Waals surface area contributed by atoms with Gasteiger partial charge in [-0.15, -0.1) is 0 Å². The lowest BCUT2D eigenvalue weighted by atomic mass is 10.2. The van der Waals surface area contributed by atoms with Gasteiger partial charge in [-0.3, -0.25) is 0 Å². The second-order valence-electron chi connectivity index (χ2n) is 3.10. The van der Waals surface area contributed by atoms with Gasteiger partial charge in [0.1, 0.15) is 0 Å². The van der Waals surface area contributed by atoms with Gasteiger partial charge >= 0.3 is 11.8 Å². The van der Waals surface area contributed by atoms with Crippen LogP contribution >= 0.6 is 12.2 Å². The zero-order valence-corrected chi connectivity index (χ0v) is 8.31. The largest absolute Gasteiger partial charge is 0.363 e. The number of nitrogens with zero attached hydrogens (tertiary/aromatic N) is 1. The van der Waals surface area contributed by atoms with Crippen molar-refractivity contribution >= 4 is 17.3 Å². The van der Waals surface area contributed by atoms with Gasteiger partial charge in [0, 0.05) is 6.54 Å². The molecular formula is C7H10F4N2S. The first-order valence-corrected chi connectivity index (χ1v) is 4.49. The molecule has 1 heterocycles. The molecule has 82 valence electrons. The van der Waals surface area contributed by atoms with Crippen LogP contribution in [0, 0.1) is 0 Å². The minimum Gasteiger partial charge on any atom is -0.363 e. The Morgan fingerprint density at radius 1 is 1.29 bits per heavy atom. The zero-order chi connectivity index (χ0) is 11.0. The number of hydrogen-bond donors (Lipinski definition) is 1. The SMILES string of the molecule is CCNC(=S)N1CC(F)(F)C(F)(F)C1. The fraction of sp³-hybridized carbons (Fsp3) is 0.857. The van der Waals surface area contributed by atoms with Gasteiger partial charge in [-0.05, 0) is 19.1 Å². The molecule has 14 heavy (non-hydrogen) atoms. The molecule has 1 aliphatic heterocycles. The van der Waals surface area contributed by atoms with E-state index < -0.39 is 24.9 Å². The highest BCUT2D eigenvalue weighted by molar-refractivity contribution is 7.80. The number of hydrogen-bond acceptors (Lipinski definition) is 1. The summed E-state index contributed by atoms with van der Waals surface area (Å²) in [5.41, 5.74) is 0. The van der Waals surface area contributed by atoms with E-state index >= 15 is 0 Å². The monoisotopic (exact) mass is 230 g/mol. The lowest BCUT2D eigenvalue weighted by Gasteiger charge is -2.18. The Bertz CT molecular complexity index is 228. The number of thiocarbonyl (C=S) groups is 1. The highest BCUT2D eigenvalue weighted by Gasteiger charge is 2.63. The molecule has 0 bridgehead atoms. The van der Waals surface area contributed by atoms with Crippen LogP contribution in [0.3, 0.4) is 0 Å². The van der Waals surface area contributed by atoms with E-state index in [9.17, 15) is 17.6 Å². The van der Waals surface area contributed by atoms with E-state index in [1.807, 2.05) is 0 Å². The Balaban J connectivity index is 2.68. The van der Waals surface area contributed by atoms with Crippen molar-refractivity contribution in [1.82, 2.24) is 10.2 Å². The van der Waals surface area contributed by atoms with Gasteiger partial charge in [0.05, 0.1) is 13.1 Å². The summed E-state index contributed by atoms with van der Waals surface area (Å²) in [4.78, 5) is 0.791. The molecule has 0 aliphatic carbocycles. The first-order chi connectivity index (χ1) is 6.30. The van der Waals surface area contributed by atoms with Crippen molar-refractivity contribution in [2.75, 3.05) is 19.6 Å². The highest BCUT2D eigenvalue weighted by Crippen LogP contribution is 2.40. The van der Waals surface area contributed by atoms with Gasteiger partial charge < -0.3 is 10.2 Å². The van der Waals surface area contributed by atoms with Crippen LogP contribution in [0.15, 0.2) is 0 Å². The fourth-order valence-electron chi connectivity index (χ4n) is 1.17. The third kappa shape index (κ3) is 1.92. The molecule has 0 aromatic rings. The molecule has 0 radical (unpaired) electrons.